The van der Waals surface area contributed by atoms with E-state index in [1.807, 2.05) is 13.0 Å². The molecule has 108 valence electrons. The Morgan fingerprint density at radius 2 is 2.43 bits per heavy atom. The lowest BCUT2D eigenvalue weighted by Gasteiger charge is -2.03. The lowest BCUT2D eigenvalue weighted by atomic mass is 10.5. The van der Waals surface area contributed by atoms with Crippen LogP contribution >= 0.6 is 23.1 Å². The second-order valence-electron chi connectivity index (χ2n) is 3.92. The van der Waals surface area contributed by atoms with Crippen molar-refractivity contribution < 1.29 is 4.79 Å². The molecule has 9 heteroatoms. The summed E-state index contributed by atoms with van der Waals surface area (Å²) in [6.07, 6.45) is 2.87. The van der Waals surface area contributed by atoms with E-state index in [-0.39, 0.29) is 12.5 Å². The number of thioether (sulfide) groups is 1. The number of hydrogen-bond donors (Lipinski definition) is 1. The topological polar surface area (TPSA) is 101 Å². The molecule has 1 amide bonds. The summed E-state index contributed by atoms with van der Waals surface area (Å²) in [5, 5.41) is 11.7. The van der Waals surface area contributed by atoms with Crippen molar-refractivity contribution in [1.29, 1.82) is 5.26 Å². The van der Waals surface area contributed by atoms with E-state index in [0.29, 0.717) is 10.9 Å². The fourth-order valence-electron chi connectivity index (χ4n) is 1.49. The van der Waals surface area contributed by atoms with Gasteiger partial charge in [0.2, 0.25) is 5.91 Å². The standard InChI is InChI=1S/C12H11N5O2S2/c1-8-10(20-6-3-13)21-11(15-8)16-9(18)7-17-5-2-4-14-12(17)19/h2,4-5H,6-7H2,1H3,(H,15,16,18). The highest BCUT2D eigenvalue weighted by Crippen LogP contribution is 2.31. The van der Waals surface area contributed by atoms with Crippen LogP contribution in [0.5, 0.6) is 0 Å². The highest BCUT2D eigenvalue weighted by Gasteiger charge is 2.11. The molecule has 0 saturated heterocycles. The zero-order valence-corrected chi connectivity index (χ0v) is 12.7. The second-order valence-corrected chi connectivity index (χ2v) is 6.16. The van der Waals surface area contributed by atoms with Crippen molar-refractivity contribution in [2.45, 2.75) is 17.7 Å². The minimum atomic E-state index is -0.478. The highest BCUT2D eigenvalue weighted by atomic mass is 32.2. The van der Waals surface area contributed by atoms with Gasteiger partial charge in [-0.2, -0.15) is 5.26 Å². The van der Waals surface area contributed by atoms with Crippen molar-refractivity contribution in [1.82, 2.24) is 14.5 Å². The Bertz CT molecular complexity index is 747. The van der Waals surface area contributed by atoms with E-state index in [1.165, 1.54) is 40.1 Å². The molecule has 0 saturated carbocycles. The number of nitrogens with one attached hydrogen (secondary N) is 1. The van der Waals surface area contributed by atoms with Crippen LogP contribution in [0.2, 0.25) is 0 Å². The average Bonchev–Trinajstić information content (AvgIpc) is 2.79. The molecular formula is C12H11N5O2S2. The molecule has 7 nitrogen and oxygen atoms in total. The second kappa shape index (κ2) is 7.01. The minimum Gasteiger partial charge on any atom is -0.300 e. The molecular weight excluding hydrogens is 310 g/mol. The number of amides is 1. The van der Waals surface area contributed by atoms with Crippen LogP contribution in [0.25, 0.3) is 0 Å². The van der Waals surface area contributed by atoms with E-state index < -0.39 is 5.69 Å². The van der Waals surface area contributed by atoms with Gasteiger partial charge in [-0.1, -0.05) is 23.1 Å². The maximum absolute atomic E-state index is 11.9. The number of carbonyl (C=O) groups excluding carboxylic acids is 1. The molecule has 0 fully saturated rings. The fourth-order valence-corrected chi connectivity index (χ4v) is 3.30. The summed E-state index contributed by atoms with van der Waals surface area (Å²) in [6.45, 7) is 1.70. The van der Waals surface area contributed by atoms with Crippen molar-refractivity contribution in [3.8, 4) is 6.07 Å². The SMILES string of the molecule is Cc1nc(NC(=O)Cn2cccnc2=O)sc1SCC#N. The molecule has 0 spiro atoms. The zero-order chi connectivity index (χ0) is 15.2. The predicted octanol–water partition coefficient (Wildman–Crippen LogP) is 1.26. The Balaban J connectivity index is 2.02. The largest absolute Gasteiger partial charge is 0.347 e. The van der Waals surface area contributed by atoms with E-state index in [2.05, 4.69) is 15.3 Å². The number of rotatable bonds is 5. The molecule has 1 N–H and O–H groups in total. The summed E-state index contributed by atoms with van der Waals surface area (Å²) in [7, 11) is 0. The first-order valence-corrected chi connectivity index (χ1v) is 7.69. The molecule has 0 aliphatic heterocycles. The normalized spacial score (nSPS) is 10.1. The van der Waals surface area contributed by atoms with Gasteiger partial charge in [0.25, 0.3) is 0 Å². The maximum atomic E-state index is 11.9. The smallest absolute Gasteiger partial charge is 0.300 e. The van der Waals surface area contributed by atoms with Gasteiger partial charge in [-0.15, -0.1) is 0 Å². The first-order valence-electron chi connectivity index (χ1n) is 5.88. The molecule has 2 aromatic heterocycles. The number of thiazole rings is 1. The predicted molar refractivity (Wildman–Crippen MR) is 80.3 cm³/mol. The van der Waals surface area contributed by atoms with Gasteiger partial charge in [-0.3, -0.25) is 9.36 Å². The summed E-state index contributed by atoms with van der Waals surface area (Å²) < 4.78 is 2.10. The van der Waals surface area contributed by atoms with Gasteiger partial charge < -0.3 is 5.32 Å². The molecule has 2 aromatic rings. The van der Waals surface area contributed by atoms with Crippen LogP contribution in [-0.2, 0) is 11.3 Å². The number of carbonyl (C=O) groups is 1. The van der Waals surface area contributed by atoms with Crippen LogP contribution in [0.1, 0.15) is 5.69 Å². The van der Waals surface area contributed by atoms with Gasteiger partial charge in [-0.05, 0) is 13.0 Å². The van der Waals surface area contributed by atoms with Gasteiger partial charge in [-0.25, -0.2) is 14.8 Å². The number of aryl methyl sites for hydroxylation is 1. The molecule has 0 aromatic carbocycles. The van der Waals surface area contributed by atoms with Crippen molar-refractivity contribution >= 4 is 34.1 Å². The van der Waals surface area contributed by atoms with Gasteiger partial charge in [0.1, 0.15) is 6.54 Å². The molecule has 0 aliphatic rings. The van der Waals surface area contributed by atoms with Crippen molar-refractivity contribution in [3.63, 3.8) is 0 Å². The monoisotopic (exact) mass is 321 g/mol. The third-order valence-corrected chi connectivity index (χ3v) is 4.67. The molecule has 2 rings (SSSR count). The number of nitrogens with zero attached hydrogens (tertiary/aromatic N) is 4. The highest BCUT2D eigenvalue weighted by molar-refractivity contribution is 8.01. The van der Waals surface area contributed by atoms with E-state index >= 15 is 0 Å². The lowest BCUT2D eigenvalue weighted by Crippen LogP contribution is -2.28. The molecule has 21 heavy (non-hydrogen) atoms. The van der Waals surface area contributed by atoms with Crippen molar-refractivity contribution in [2.24, 2.45) is 0 Å². The molecule has 0 unspecified atom stereocenters. The molecule has 0 aliphatic carbocycles. The Morgan fingerprint density at radius 3 is 3.14 bits per heavy atom. The van der Waals surface area contributed by atoms with Crippen LogP contribution < -0.4 is 11.0 Å². The maximum Gasteiger partial charge on any atom is 0.347 e. The van der Waals surface area contributed by atoms with Crippen LogP contribution in [0.15, 0.2) is 27.5 Å². The Kier molecular flexibility index (Phi) is 5.08. The summed E-state index contributed by atoms with van der Waals surface area (Å²) >= 11 is 2.69. The fraction of sp³-hybridized carbons (Fsp3) is 0.250. The number of nitriles is 1. The van der Waals surface area contributed by atoms with Gasteiger partial charge in [0, 0.05) is 12.4 Å². The average molecular weight is 321 g/mol. The van der Waals surface area contributed by atoms with Crippen molar-refractivity contribution in [3.05, 3.63) is 34.6 Å². The van der Waals surface area contributed by atoms with E-state index in [1.54, 1.807) is 6.07 Å². The van der Waals surface area contributed by atoms with Gasteiger partial charge >= 0.3 is 5.69 Å². The van der Waals surface area contributed by atoms with Crippen LogP contribution in [0, 0.1) is 18.3 Å². The Labute approximate surface area is 128 Å². The van der Waals surface area contributed by atoms with Crippen LogP contribution in [0.3, 0.4) is 0 Å². The number of aromatic nitrogens is 3. The van der Waals surface area contributed by atoms with E-state index in [0.717, 1.165) is 9.90 Å². The third kappa shape index (κ3) is 4.14. The molecule has 2 heterocycles. The first-order chi connectivity index (χ1) is 10.1. The summed E-state index contributed by atoms with van der Waals surface area (Å²) in [5.41, 5.74) is 0.294. The van der Waals surface area contributed by atoms with Crippen molar-refractivity contribution in [2.75, 3.05) is 11.1 Å². The summed E-state index contributed by atoms with van der Waals surface area (Å²) in [4.78, 5) is 31.1. The van der Waals surface area contributed by atoms with Gasteiger partial charge in [0.05, 0.1) is 21.7 Å². The number of hydrogen-bond acceptors (Lipinski definition) is 7. The Hall–Kier alpha value is -2.18. The van der Waals surface area contributed by atoms with Gasteiger partial charge in [0.15, 0.2) is 5.13 Å². The summed E-state index contributed by atoms with van der Waals surface area (Å²) in [5.74, 6) is -0.0164. The summed E-state index contributed by atoms with van der Waals surface area (Å²) in [6, 6.07) is 3.62. The van der Waals surface area contributed by atoms with Crippen LogP contribution in [0.4, 0.5) is 5.13 Å². The first kappa shape index (κ1) is 15.2. The van der Waals surface area contributed by atoms with Crippen LogP contribution in [-0.4, -0.2) is 26.2 Å². The molecule has 0 atom stereocenters. The quantitative estimate of drug-likeness (QED) is 0.832. The molecule has 0 bridgehead atoms. The Morgan fingerprint density at radius 1 is 1.62 bits per heavy atom. The van der Waals surface area contributed by atoms with E-state index in [9.17, 15) is 9.59 Å². The minimum absolute atomic E-state index is 0.119. The number of anilines is 1. The molecule has 0 radical (unpaired) electrons. The zero-order valence-electron chi connectivity index (χ0n) is 11.1. The third-order valence-electron chi connectivity index (χ3n) is 2.36. The van der Waals surface area contributed by atoms with E-state index in [4.69, 9.17) is 5.26 Å². The lowest BCUT2D eigenvalue weighted by molar-refractivity contribution is -0.116.